The molecule has 1 aliphatic heterocycles. The number of nitrogens with one attached hydrogen (secondary N) is 3. The van der Waals surface area contributed by atoms with Crippen LogP contribution in [-0.4, -0.2) is 81.2 Å². The van der Waals surface area contributed by atoms with Crippen LogP contribution in [0.2, 0.25) is 0 Å². The second-order valence-corrected chi connectivity index (χ2v) is 10.5. The first-order valence-electron chi connectivity index (χ1n) is 12.3. The number of ether oxygens (including phenoxy) is 2. The van der Waals surface area contributed by atoms with Gasteiger partial charge in [-0.25, -0.2) is 9.61 Å². The van der Waals surface area contributed by atoms with E-state index in [2.05, 4.69) is 35.5 Å². The molecule has 1 aliphatic rings. The SMILES string of the molecule is COC1N[C@](C)(C(F)(F)F)CN1Cc1ccc2nc([C@H](COC(C)(C)C(F)(F)F)NC(=O)c3nonc3C)[nH]c2c1. The fourth-order valence-electron chi connectivity index (χ4n) is 4.22. The van der Waals surface area contributed by atoms with Gasteiger partial charge in [0.1, 0.15) is 23.1 Å². The van der Waals surface area contributed by atoms with Gasteiger partial charge >= 0.3 is 12.4 Å². The molecule has 3 atom stereocenters. The number of H-pyrrole nitrogens is 1. The molecule has 3 heterocycles. The Labute approximate surface area is 229 Å². The number of alkyl halides is 6. The van der Waals surface area contributed by atoms with Gasteiger partial charge in [0.25, 0.3) is 5.91 Å². The van der Waals surface area contributed by atoms with Crippen LogP contribution in [0.25, 0.3) is 11.0 Å². The fourth-order valence-corrected chi connectivity index (χ4v) is 4.22. The topological polar surface area (TPSA) is 130 Å². The van der Waals surface area contributed by atoms with E-state index in [-0.39, 0.29) is 30.3 Å². The van der Waals surface area contributed by atoms with Gasteiger partial charge in [-0.15, -0.1) is 0 Å². The highest BCUT2D eigenvalue weighted by molar-refractivity contribution is 5.93. The molecule has 1 aromatic carbocycles. The van der Waals surface area contributed by atoms with Crippen molar-refractivity contribution in [1.29, 1.82) is 0 Å². The number of hydrogen-bond donors (Lipinski definition) is 3. The third kappa shape index (κ3) is 6.32. The number of imidazole rings is 1. The summed E-state index contributed by atoms with van der Waals surface area (Å²) in [6.45, 7) is 3.34. The van der Waals surface area contributed by atoms with E-state index in [1.54, 1.807) is 18.2 Å². The van der Waals surface area contributed by atoms with Crippen molar-refractivity contribution in [1.82, 2.24) is 35.8 Å². The number of benzene rings is 1. The van der Waals surface area contributed by atoms with Crippen molar-refractivity contribution in [2.45, 2.75) is 70.1 Å². The molecule has 0 radical (unpaired) electrons. The summed E-state index contributed by atoms with van der Waals surface area (Å²) in [4.78, 5) is 21.6. The van der Waals surface area contributed by atoms with Crippen LogP contribution >= 0.6 is 0 Å². The summed E-state index contributed by atoms with van der Waals surface area (Å²) in [6, 6.07) is 3.73. The van der Waals surface area contributed by atoms with Gasteiger partial charge in [-0.05, 0) is 50.5 Å². The number of hydrogen-bond acceptors (Lipinski definition) is 9. The predicted octanol–water partition coefficient (Wildman–Crippen LogP) is 3.74. The van der Waals surface area contributed by atoms with E-state index < -0.39 is 48.4 Å². The first-order valence-corrected chi connectivity index (χ1v) is 12.3. The number of fused-ring (bicyclic) bond motifs is 1. The average molecular weight is 594 g/mol. The number of nitrogens with zero attached hydrogens (tertiary/aromatic N) is 4. The highest BCUT2D eigenvalue weighted by Gasteiger charge is 2.57. The lowest BCUT2D eigenvalue weighted by Gasteiger charge is -2.29. The summed E-state index contributed by atoms with van der Waals surface area (Å²) < 4.78 is 95.9. The lowest BCUT2D eigenvalue weighted by Crippen LogP contribution is -2.54. The molecule has 11 nitrogen and oxygen atoms in total. The number of carbonyl (C=O) groups is 1. The summed E-state index contributed by atoms with van der Waals surface area (Å²) >= 11 is 0. The molecule has 0 aliphatic carbocycles. The quantitative estimate of drug-likeness (QED) is 0.318. The zero-order valence-electron chi connectivity index (χ0n) is 22.7. The second kappa shape index (κ2) is 10.8. The van der Waals surface area contributed by atoms with Crippen molar-refractivity contribution < 1.29 is 45.2 Å². The van der Waals surface area contributed by atoms with E-state index in [1.807, 2.05) is 0 Å². The molecule has 1 fully saturated rings. The van der Waals surface area contributed by atoms with E-state index in [1.165, 1.54) is 18.9 Å². The van der Waals surface area contributed by atoms with E-state index >= 15 is 0 Å². The van der Waals surface area contributed by atoms with Crippen molar-refractivity contribution >= 4 is 16.9 Å². The zero-order valence-corrected chi connectivity index (χ0v) is 22.7. The molecule has 3 N–H and O–H groups in total. The highest BCUT2D eigenvalue weighted by Crippen LogP contribution is 2.36. The molecule has 1 saturated heterocycles. The first-order chi connectivity index (χ1) is 18.9. The molecular formula is C24H29F6N7O4. The van der Waals surface area contributed by atoms with Crippen LogP contribution in [0.15, 0.2) is 22.8 Å². The minimum absolute atomic E-state index is 0.0832. The van der Waals surface area contributed by atoms with Crippen LogP contribution in [-0.2, 0) is 16.0 Å². The maximum absolute atomic E-state index is 13.6. The maximum atomic E-state index is 13.6. The molecule has 4 rings (SSSR count). The Morgan fingerprint density at radius 3 is 2.54 bits per heavy atom. The van der Waals surface area contributed by atoms with E-state index in [4.69, 9.17) is 9.47 Å². The monoisotopic (exact) mass is 593 g/mol. The van der Waals surface area contributed by atoms with Crippen molar-refractivity contribution in [3.63, 3.8) is 0 Å². The third-order valence-corrected chi connectivity index (χ3v) is 6.89. The van der Waals surface area contributed by atoms with Crippen molar-refractivity contribution in [3.05, 3.63) is 41.0 Å². The van der Waals surface area contributed by atoms with Crippen LogP contribution in [0.3, 0.4) is 0 Å². The van der Waals surface area contributed by atoms with E-state index in [0.29, 0.717) is 16.6 Å². The summed E-state index contributed by atoms with van der Waals surface area (Å²) in [7, 11) is 1.30. The normalized spacial score (nSPS) is 21.5. The Morgan fingerprint density at radius 1 is 1.24 bits per heavy atom. The van der Waals surface area contributed by atoms with Crippen molar-refractivity contribution in [2.75, 3.05) is 20.3 Å². The largest absolute Gasteiger partial charge is 0.416 e. The lowest BCUT2D eigenvalue weighted by atomic mass is 10.0. The predicted molar refractivity (Wildman–Crippen MR) is 130 cm³/mol. The number of aryl methyl sites for hydroxylation is 1. The van der Waals surface area contributed by atoms with Crippen LogP contribution in [0.1, 0.15) is 54.4 Å². The summed E-state index contributed by atoms with van der Waals surface area (Å²) in [5.74, 6) is -0.692. The summed E-state index contributed by atoms with van der Waals surface area (Å²) in [5, 5.41) is 12.0. The Balaban J connectivity index is 1.59. The molecule has 0 bridgehead atoms. The Hall–Kier alpha value is -3.28. The smallest absolute Gasteiger partial charge is 0.364 e. The van der Waals surface area contributed by atoms with Gasteiger partial charge < -0.3 is 19.8 Å². The van der Waals surface area contributed by atoms with Crippen LogP contribution in [0, 0.1) is 6.92 Å². The molecular weight excluding hydrogens is 564 g/mol. The summed E-state index contributed by atoms with van der Waals surface area (Å²) in [6.07, 6.45) is -10.2. The van der Waals surface area contributed by atoms with Crippen molar-refractivity contribution in [2.24, 2.45) is 0 Å². The molecule has 41 heavy (non-hydrogen) atoms. The average Bonchev–Trinajstić information content (AvgIpc) is 3.57. The highest BCUT2D eigenvalue weighted by atomic mass is 19.4. The Kier molecular flexibility index (Phi) is 8.12. The van der Waals surface area contributed by atoms with Gasteiger partial charge in [-0.2, -0.15) is 26.3 Å². The van der Waals surface area contributed by atoms with Gasteiger partial charge in [-0.1, -0.05) is 11.2 Å². The second-order valence-electron chi connectivity index (χ2n) is 10.5. The van der Waals surface area contributed by atoms with Crippen LogP contribution in [0.5, 0.6) is 0 Å². The number of carbonyl (C=O) groups excluding carboxylic acids is 1. The van der Waals surface area contributed by atoms with Gasteiger partial charge in [0.05, 0.1) is 17.6 Å². The Bertz CT molecular complexity index is 1390. The molecule has 1 unspecified atom stereocenters. The number of methoxy groups -OCH3 is 1. The number of aromatic amines is 1. The summed E-state index contributed by atoms with van der Waals surface area (Å²) in [5.41, 5.74) is -3.26. The number of halogens is 6. The van der Waals surface area contributed by atoms with E-state index in [0.717, 1.165) is 20.8 Å². The molecule has 3 aromatic rings. The number of amides is 1. The lowest BCUT2D eigenvalue weighted by molar-refractivity contribution is -0.265. The van der Waals surface area contributed by atoms with Crippen molar-refractivity contribution in [3.8, 4) is 0 Å². The first kappa shape index (κ1) is 30.7. The number of aromatic nitrogens is 4. The van der Waals surface area contributed by atoms with Gasteiger partial charge in [0, 0.05) is 20.2 Å². The minimum Gasteiger partial charge on any atom is -0.364 e. The molecule has 226 valence electrons. The molecule has 1 amide bonds. The molecule has 0 saturated carbocycles. The van der Waals surface area contributed by atoms with Gasteiger partial charge in [0.15, 0.2) is 17.6 Å². The standard InChI is InChI=1S/C24H29F6N7O4/c1-12-17(36-41-35-12)19(38)33-16(10-40-21(2,3)23(25,26)27)18-31-14-7-6-13(8-15(14)32-18)9-37-11-22(4,24(28,29)30)34-20(37)39-5/h6-8,16,20,34H,9-11H2,1-5H3,(H,31,32)(H,33,38)/t16-,20?,22-/m0/s1. The molecule has 2 aromatic heterocycles. The van der Waals surface area contributed by atoms with Gasteiger partial charge in [-0.3, -0.25) is 15.0 Å². The number of rotatable bonds is 9. The maximum Gasteiger partial charge on any atom is 0.416 e. The molecule has 17 heteroatoms. The van der Waals surface area contributed by atoms with Crippen LogP contribution in [0.4, 0.5) is 26.3 Å². The van der Waals surface area contributed by atoms with Gasteiger partial charge in [0.2, 0.25) is 0 Å². The Morgan fingerprint density at radius 2 is 1.95 bits per heavy atom. The molecule has 0 spiro atoms. The third-order valence-electron chi connectivity index (χ3n) is 6.89. The van der Waals surface area contributed by atoms with Crippen LogP contribution < -0.4 is 10.6 Å². The van der Waals surface area contributed by atoms with E-state index in [9.17, 15) is 31.1 Å². The fraction of sp³-hybridized carbons (Fsp3) is 0.583. The zero-order chi connectivity index (χ0) is 30.4. The minimum atomic E-state index is -4.69.